The first-order valence-electron chi connectivity index (χ1n) is 3.81. The Morgan fingerprint density at radius 3 is 1.91 bits per heavy atom. The molecule has 0 aromatic heterocycles. The zero-order chi connectivity index (χ0) is 8.70. The summed E-state index contributed by atoms with van der Waals surface area (Å²) in [6.07, 6.45) is 1.66. The fourth-order valence-electron chi connectivity index (χ4n) is 2.05. The molecule has 0 amide bonds. The van der Waals surface area contributed by atoms with Gasteiger partial charge in [0.05, 0.1) is 0 Å². The predicted octanol–water partition coefficient (Wildman–Crippen LogP) is 2.29. The molecule has 0 aliphatic carbocycles. The number of carbonyl (C=O) groups excluding carboxylic acids is 1. The van der Waals surface area contributed by atoms with Crippen LogP contribution in [0.2, 0.25) is 0 Å². The quantitative estimate of drug-likeness (QED) is 0.562. The van der Waals surface area contributed by atoms with Gasteiger partial charge in [-0.3, -0.25) is 0 Å². The summed E-state index contributed by atoms with van der Waals surface area (Å²) in [6.45, 7) is 8.67. The molecule has 1 nitrogen and oxygen atoms in total. The minimum atomic E-state index is 0.223. The Hall–Kier alpha value is -0.200. The van der Waals surface area contributed by atoms with E-state index in [1.54, 1.807) is 6.08 Å². The van der Waals surface area contributed by atoms with Crippen molar-refractivity contribution in [2.75, 3.05) is 0 Å². The van der Waals surface area contributed by atoms with E-state index in [1.165, 1.54) is 0 Å². The van der Waals surface area contributed by atoms with Crippen molar-refractivity contribution in [2.45, 2.75) is 37.2 Å². The molecule has 0 radical (unpaired) electrons. The Morgan fingerprint density at radius 2 is 1.73 bits per heavy atom. The third-order valence-electron chi connectivity index (χ3n) is 2.26. The molecule has 1 aliphatic rings. The fraction of sp³-hybridized carbons (Fsp3) is 0.778. The fourth-order valence-corrected chi connectivity index (χ4v) is 4.20. The van der Waals surface area contributed by atoms with Crippen molar-refractivity contribution < 1.29 is 4.79 Å². The number of hydrogen-bond donors (Lipinski definition) is 0. The van der Waals surface area contributed by atoms with Crippen LogP contribution in [0.15, 0.2) is 6.08 Å². The molecule has 62 valence electrons. The second-order valence-corrected chi connectivity index (χ2v) is 6.38. The molecule has 0 aromatic carbocycles. The van der Waals surface area contributed by atoms with Crippen LogP contribution in [0.5, 0.6) is 0 Å². The Morgan fingerprint density at radius 1 is 1.27 bits per heavy atom. The molecule has 2 heteroatoms. The summed E-state index contributed by atoms with van der Waals surface area (Å²) in [5.41, 5.74) is 0. The summed E-state index contributed by atoms with van der Waals surface area (Å²) in [5, 5.41) is 0. The van der Waals surface area contributed by atoms with Gasteiger partial charge in [-0.25, -0.2) is 4.79 Å². The van der Waals surface area contributed by atoms with E-state index < -0.39 is 0 Å². The van der Waals surface area contributed by atoms with Crippen LogP contribution < -0.4 is 0 Å². The largest absolute Gasteiger partial charge is 0.234 e. The van der Waals surface area contributed by atoms with Gasteiger partial charge in [0.15, 0.2) is 0 Å². The van der Waals surface area contributed by atoms with E-state index in [2.05, 4.69) is 27.7 Å². The van der Waals surface area contributed by atoms with Crippen molar-refractivity contribution in [3.63, 3.8) is 0 Å². The lowest BCUT2D eigenvalue weighted by atomic mass is 9.82. The molecule has 0 N–H and O–H groups in total. The standard InChI is InChI=1S/C9H14OS/c1-8(2)7(5-6-10)9(3,4)11-8/h5,7H,1-4H3. The molecule has 0 unspecified atom stereocenters. The Bertz CT molecular complexity index is 198. The molecule has 0 atom stereocenters. The smallest absolute Gasteiger partial charge is 0.120 e. The van der Waals surface area contributed by atoms with Gasteiger partial charge in [-0.05, 0) is 0 Å². The second-order valence-electron chi connectivity index (χ2n) is 4.07. The molecule has 0 bridgehead atoms. The van der Waals surface area contributed by atoms with Crippen LogP contribution in [0.3, 0.4) is 0 Å². The average Bonchev–Trinajstić information content (AvgIpc) is 1.80. The van der Waals surface area contributed by atoms with E-state index in [9.17, 15) is 4.79 Å². The van der Waals surface area contributed by atoms with E-state index in [4.69, 9.17) is 0 Å². The van der Waals surface area contributed by atoms with Gasteiger partial charge in [-0.2, -0.15) is 0 Å². The summed E-state index contributed by atoms with van der Waals surface area (Å²) in [7, 11) is 0. The van der Waals surface area contributed by atoms with Crippen LogP contribution >= 0.6 is 11.8 Å². The maximum atomic E-state index is 10.2. The van der Waals surface area contributed by atoms with E-state index in [1.807, 2.05) is 17.7 Å². The van der Waals surface area contributed by atoms with Gasteiger partial charge in [0.25, 0.3) is 0 Å². The third-order valence-corrected chi connectivity index (χ3v) is 3.82. The Balaban J connectivity index is 2.80. The molecule has 1 fully saturated rings. The topological polar surface area (TPSA) is 17.1 Å². The van der Waals surface area contributed by atoms with Crippen LogP contribution in [0.4, 0.5) is 0 Å². The van der Waals surface area contributed by atoms with Crippen LogP contribution in [0, 0.1) is 5.92 Å². The minimum Gasteiger partial charge on any atom is -0.234 e. The Kier molecular flexibility index (Phi) is 1.94. The number of thioether (sulfide) groups is 1. The highest BCUT2D eigenvalue weighted by Gasteiger charge is 2.52. The summed E-state index contributed by atoms with van der Waals surface area (Å²) in [6, 6.07) is 0. The van der Waals surface area contributed by atoms with Gasteiger partial charge in [-0.15, -0.1) is 11.8 Å². The maximum absolute atomic E-state index is 10.2. The maximum Gasteiger partial charge on any atom is 0.120 e. The van der Waals surface area contributed by atoms with Crippen LogP contribution in [-0.4, -0.2) is 15.4 Å². The van der Waals surface area contributed by atoms with Crippen molar-refractivity contribution in [1.82, 2.24) is 0 Å². The molecule has 1 heterocycles. The highest BCUT2D eigenvalue weighted by Crippen LogP contribution is 2.59. The van der Waals surface area contributed by atoms with Crippen molar-refractivity contribution in [3.05, 3.63) is 6.08 Å². The van der Waals surface area contributed by atoms with Gasteiger partial charge >= 0.3 is 0 Å². The van der Waals surface area contributed by atoms with Gasteiger partial charge in [0.1, 0.15) is 5.94 Å². The summed E-state index contributed by atoms with van der Waals surface area (Å²) in [5.74, 6) is 2.27. The van der Waals surface area contributed by atoms with E-state index in [-0.39, 0.29) is 9.49 Å². The molecule has 1 saturated heterocycles. The number of allylic oxidation sites excluding steroid dienone is 1. The monoisotopic (exact) mass is 170 g/mol. The zero-order valence-electron chi connectivity index (χ0n) is 7.47. The average molecular weight is 170 g/mol. The van der Waals surface area contributed by atoms with Crippen molar-refractivity contribution in [3.8, 4) is 0 Å². The van der Waals surface area contributed by atoms with E-state index in [0.717, 1.165) is 0 Å². The molecule has 11 heavy (non-hydrogen) atoms. The van der Waals surface area contributed by atoms with Crippen LogP contribution in [0.25, 0.3) is 0 Å². The van der Waals surface area contributed by atoms with Crippen LogP contribution in [0.1, 0.15) is 27.7 Å². The number of hydrogen-bond acceptors (Lipinski definition) is 2. The molecule has 0 aromatic rings. The highest BCUT2D eigenvalue weighted by molar-refractivity contribution is 8.03. The van der Waals surface area contributed by atoms with Gasteiger partial charge < -0.3 is 0 Å². The lowest BCUT2D eigenvalue weighted by Crippen LogP contribution is -2.53. The highest BCUT2D eigenvalue weighted by atomic mass is 32.2. The SMILES string of the molecule is CC1(C)SC(C)(C)C1C=C=O. The third kappa shape index (κ3) is 1.38. The molecule has 1 rings (SSSR count). The lowest BCUT2D eigenvalue weighted by Gasteiger charge is -2.55. The van der Waals surface area contributed by atoms with Crippen molar-refractivity contribution in [2.24, 2.45) is 5.92 Å². The van der Waals surface area contributed by atoms with Gasteiger partial charge in [-0.1, -0.05) is 27.7 Å². The van der Waals surface area contributed by atoms with Crippen LogP contribution in [-0.2, 0) is 4.79 Å². The Labute approximate surface area is 72.2 Å². The zero-order valence-corrected chi connectivity index (χ0v) is 8.29. The minimum absolute atomic E-state index is 0.223. The first-order chi connectivity index (χ1) is 4.90. The normalized spacial score (nSPS) is 26.9. The predicted molar refractivity (Wildman–Crippen MR) is 49.5 cm³/mol. The van der Waals surface area contributed by atoms with Gasteiger partial charge in [0, 0.05) is 21.5 Å². The summed E-state index contributed by atoms with van der Waals surface area (Å²) < 4.78 is 0.446. The molecule has 0 saturated carbocycles. The first kappa shape index (κ1) is 8.89. The van der Waals surface area contributed by atoms with Crippen molar-refractivity contribution in [1.29, 1.82) is 0 Å². The van der Waals surface area contributed by atoms with E-state index in [0.29, 0.717) is 5.92 Å². The van der Waals surface area contributed by atoms with Gasteiger partial charge in [0.2, 0.25) is 0 Å². The summed E-state index contributed by atoms with van der Waals surface area (Å²) >= 11 is 1.93. The molecule has 0 spiro atoms. The molecule has 1 aliphatic heterocycles. The first-order valence-corrected chi connectivity index (χ1v) is 4.63. The van der Waals surface area contributed by atoms with E-state index >= 15 is 0 Å². The lowest BCUT2D eigenvalue weighted by molar-refractivity contribution is 0.366. The molecular weight excluding hydrogens is 156 g/mol. The second kappa shape index (κ2) is 2.40. The molecular formula is C9H14OS. The van der Waals surface area contributed by atoms with Crippen molar-refractivity contribution >= 4 is 17.7 Å². The summed E-state index contributed by atoms with van der Waals surface area (Å²) in [4.78, 5) is 10.2. The number of rotatable bonds is 1.